The van der Waals surface area contributed by atoms with E-state index in [2.05, 4.69) is 16.0 Å². The molecule has 0 saturated heterocycles. The van der Waals surface area contributed by atoms with Crippen LogP contribution in [-0.4, -0.2) is 17.5 Å². The van der Waals surface area contributed by atoms with Crippen LogP contribution in [0.5, 0.6) is 0 Å². The van der Waals surface area contributed by atoms with Crippen LogP contribution in [0, 0.1) is 0 Å². The van der Waals surface area contributed by atoms with Gasteiger partial charge >= 0.3 is 6.03 Å². The Bertz CT molecular complexity index is 707. The van der Waals surface area contributed by atoms with Gasteiger partial charge < -0.3 is 20.4 Å². The van der Waals surface area contributed by atoms with Gasteiger partial charge in [0.15, 0.2) is 0 Å². The number of hydrogen-bond acceptors (Lipinski definition) is 3. The molecule has 0 bridgehead atoms. The molecule has 1 aromatic heterocycles. The van der Waals surface area contributed by atoms with Crippen LogP contribution in [0.2, 0.25) is 0 Å². The second-order valence-corrected chi connectivity index (χ2v) is 6.70. The van der Waals surface area contributed by atoms with Gasteiger partial charge in [0.05, 0.1) is 12.8 Å². The van der Waals surface area contributed by atoms with E-state index in [9.17, 15) is 9.59 Å². The maximum Gasteiger partial charge on any atom is 0.315 e. The maximum atomic E-state index is 12.8. The number of nitrogens with one attached hydrogen (secondary N) is 3. The largest absolute Gasteiger partial charge is 0.467 e. The highest BCUT2D eigenvalue weighted by Gasteiger charge is 2.40. The third kappa shape index (κ3) is 4.65. The van der Waals surface area contributed by atoms with E-state index in [-0.39, 0.29) is 11.9 Å². The van der Waals surface area contributed by atoms with Crippen molar-refractivity contribution in [1.82, 2.24) is 16.0 Å². The van der Waals surface area contributed by atoms with E-state index < -0.39 is 5.54 Å². The van der Waals surface area contributed by atoms with E-state index in [0.717, 1.165) is 24.8 Å². The summed E-state index contributed by atoms with van der Waals surface area (Å²) < 4.78 is 5.26. The van der Waals surface area contributed by atoms with E-state index in [4.69, 9.17) is 4.42 Å². The van der Waals surface area contributed by atoms with Crippen molar-refractivity contribution in [3.63, 3.8) is 0 Å². The molecule has 0 spiro atoms. The molecule has 0 unspecified atom stereocenters. The molecule has 1 heterocycles. The fourth-order valence-electron chi connectivity index (χ4n) is 3.35. The molecule has 0 aliphatic heterocycles. The Morgan fingerprint density at radius 2 is 1.69 bits per heavy atom. The van der Waals surface area contributed by atoms with Crippen molar-refractivity contribution >= 4 is 11.9 Å². The zero-order valence-corrected chi connectivity index (χ0v) is 14.8. The van der Waals surface area contributed by atoms with Crippen molar-refractivity contribution < 1.29 is 14.0 Å². The molecular formula is C20H25N3O3. The quantitative estimate of drug-likeness (QED) is 0.744. The molecule has 1 aliphatic carbocycles. The fraction of sp³-hybridized carbons (Fsp3) is 0.400. The highest BCUT2D eigenvalue weighted by molar-refractivity contribution is 5.91. The first-order chi connectivity index (χ1) is 12.7. The summed E-state index contributed by atoms with van der Waals surface area (Å²) in [5, 5.41) is 8.69. The highest BCUT2D eigenvalue weighted by Crippen LogP contribution is 2.28. The normalized spacial score (nSPS) is 15.8. The number of rotatable bonds is 6. The molecular weight excluding hydrogens is 330 g/mol. The number of hydrogen-bond donors (Lipinski definition) is 3. The van der Waals surface area contributed by atoms with Gasteiger partial charge in [-0.25, -0.2) is 4.79 Å². The monoisotopic (exact) mass is 355 g/mol. The summed E-state index contributed by atoms with van der Waals surface area (Å²) in [5.41, 5.74) is 0.161. The Kier molecular flexibility index (Phi) is 5.94. The molecule has 0 atom stereocenters. The SMILES string of the molecule is O=C(NCc1ccccc1)NC1(C(=O)NCc2ccco2)CCCCC1. The van der Waals surface area contributed by atoms with Crippen molar-refractivity contribution in [2.24, 2.45) is 0 Å². The Hall–Kier alpha value is -2.76. The Morgan fingerprint density at radius 1 is 0.923 bits per heavy atom. The average molecular weight is 355 g/mol. The van der Waals surface area contributed by atoms with Gasteiger partial charge in [-0.1, -0.05) is 49.6 Å². The molecule has 1 aromatic carbocycles. The second kappa shape index (κ2) is 8.56. The van der Waals surface area contributed by atoms with Crippen LogP contribution in [0.4, 0.5) is 4.79 Å². The van der Waals surface area contributed by atoms with Crippen LogP contribution in [-0.2, 0) is 17.9 Å². The van der Waals surface area contributed by atoms with E-state index in [1.54, 1.807) is 12.3 Å². The Balaban J connectivity index is 1.58. The van der Waals surface area contributed by atoms with E-state index in [0.29, 0.717) is 31.7 Å². The van der Waals surface area contributed by atoms with Crippen LogP contribution in [0.15, 0.2) is 53.1 Å². The van der Waals surface area contributed by atoms with Gasteiger partial charge in [0, 0.05) is 6.54 Å². The van der Waals surface area contributed by atoms with Crippen LogP contribution < -0.4 is 16.0 Å². The summed E-state index contributed by atoms with van der Waals surface area (Å²) in [6.07, 6.45) is 5.80. The Morgan fingerprint density at radius 3 is 2.38 bits per heavy atom. The lowest BCUT2D eigenvalue weighted by Gasteiger charge is -2.36. The number of benzene rings is 1. The number of amides is 3. The number of furan rings is 1. The van der Waals surface area contributed by atoms with Crippen molar-refractivity contribution in [3.05, 3.63) is 60.1 Å². The highest BCUT2D eigenvalue weighted by atomic mass is 16.3. The van der Waals surface area contributed by atoms with Crippen LogP contribution in [0.1, 0.15) is 43.4 Å². The summed E-state index contributed by atoms with van der Waals surface area (Å²) in [5.74, 6) is 0.543. The van der Waals surface area contributed by atoms with Crippen molar-refractivity contribution in [2.75, 3.05) is 0 Å². The molecule has 1 fully saturated rings. The van der Waals surface area contributed by atoms with E-state index >= 15 is 0 Å². The summed E-state index contributed by atoms with van der Waals surface area (Å²) >= 11 is 0. The predicted octanol–water partition coefficient (Wildman–Crippen LogP) is 3.10. The standard InChI is InChI=1S/C20H25N3O3/c24-18(21-15-17-10-7-13-26-17)20(11-5-2-6-12-20)23-19(25)22-14-16-8-3-1-4-9-16/h1,3-4,7-10,13H,2,5-6,11-12,14-15H2,(H,21,24)(H2,22,23,25). The van der Waals surface area contributed by atoms with Gasteiger partial charge in [0.1, 0.15) is 11.3 Å². The summed E-state index contributed by atoms with van der Waals surface area (Å²) in [4.78, 5) is 25.2. The lowest BCUT2D eigenvalue weighted by molar-refractivity contribution is -0.128. The van der Waals surface area contributed by atoms with E-state index in [1.807, 2.05) is 36.4 Å². The average Bonchev–Trinajstić information content (AvgIpc) is 3.19. The summed E-state index contributed by atoms with van der Waals surface area (Å²) in [7, 11) is 0. The zero-order valence-electron chi connectivity index (χ0n) is 14.8. The molecule has 0 radical (unpaired) electrons. The minimum Gasteiger partial charge on any atom is -0.467 e. The lowest BCUT2D eigenvalue weighted by Crippen LogP contribution is -2.61. The molecule has 138 valence electrons. The topological polar surface area (TPSA) is 83.4 Å². The van der Waals surface area contributed by atoms with Gasteiger partial charge in [-0.2, -0.15) is 0 Å². The third-order valence-corrected chi connectivity index (χ3v) is 4.79. The van der Waals surface area contributed by atoms with Crippen molar-refractivity contribution in [3.8, 4) is 0 Å². The fourth-order valence-corrected chi connectivity index (χ4v) is 3.35. The van der Waals surface area contributed by atoms with Gasteiger partial charge in [-0.3, -0.25) is 4.79 Å². The second-order valence-electron chi connectivity index (χ2n) is 6.70. The zero-order chi connectivity index (χ0) is 18.2. The van der Waals surface area contributed by atoms with Gasteiger partial charge in [0.25, 0.3) is 0 Å². The summed E-state index contributed by atoms with van der Waals surface area (Å²) in [6.45, 7) is 0.748. The third-order valence-electron chi connectivity index (χ3n) is 4.79. The van der Waals surface area contributed by atoms with Crippen LogP contribution in [0.25, 0.3) is 0 Å². The smallest absolute Gasteiger partial charge is 0.315 e. The van der Waals surface area contributed by atoms with E-state index in [1.165, 1.54) is 0 Å². The molecule has 3 rings (SSSR count). The maximum absolute atomic E-state index is 12.8. The first-order valence-corrected chi connectivity index (χ1v) is 9.09. The van der Waals surface area contributed by atoms with Crippen LogP contribution >= 0.6 is 0 Å². The van der Waals surface area contributed by atoms with Crippen LogP contribution in [0.3, 0.4) is 0 Å². The minimum absolute atomic E-state index is 0.150. The van der Waals surface area contributed by atoms with Crippen molar-refractivity contribution in [2.45, 2.75) is 50.7 Å². The number of urea groups is 1. The number of carbonyl (C=O) groups excluding carboxylic acids is 2. The molecule has 3 N–H and O–H groups in total. The van der Waals surface area contributed by atoms with Gasteiger partial charge in [-0.15, -0.1) is 0 Å². The molecule has 1 saturated carbocycles. The molecule has 3 amide bonds. The predicted molar refractivity (Wildman–Crippen MR) is 98.2 cm³/mol. The Labute approximate surface area is 153 Å². The number of carbonyl (C=O) groups is 2. The minimum atomic E-state index is -0.856. The molecule has 26 heavy (non-hydrogen) atoms. The van der Waals surface area contributed by atoms with Gasteiger partial charge in [0.2, 0.25) is 5.91 Å². The summed E-state index contributed by atoms with van der Waals surface area (Å²) in [6, 6.07) is 13.0. The lowest BCUT2D eigenvalue weighted by atomic mass is 9.81. The van der Waals surface area contributed by atoms with Crippen molar-refractivity contribution in [1.29, 1.82) is 0 Å². The molecule has 6 nitrogen and oxygen atoms in total. The molecule has 2 aromatic rings. The molecule has 1 aliphatic rings. The first kappa shape index (κ1) is 18.0. The van der Waals surface area contributed by atoms with Gasteiger partial charge in [-0.05, 0) is 30.5 Å². The molecule has 6 heteroatoms. The first-order valence-electron chi connectivity index (χ1n) is 9.09.